The first-order valence-corrected chi connectivity index (χ1v) is 5.90. The Morgan fingerprint density at radius 1 is 1.56 bits per heavy atom. The van der Waals surface area contributed by atoms with Crippen LogP contribution in [0.15, 0.2) is 12.4 Å². The molecule has 1 fully saturated rings. The smallest absolute Gasteiger partial charge is 0.149 e. The van der Waals surface area contributed by atoms with Gasteiger partial charge in [-0.15, -0.1) is 0 Å². The molecule has 0 spiro atoms. The zero-order chi connectivity index (χ0) is 11.5. The Morgan fingerprint density at radius 3 is 3.00 bits per heavy atom. The van der Waals surface area contributed by atoms with E-state index in [2.05, 4.69) is 26.8 Å². The van der Waals surface area contributed by atoms with Crippen molar-refractivity contribution in [2.45, 2.75) is 6.42 Å². The van der Waals surface area contributed by atoms with E-state index in [0.29, 0.717) is 5.15 Å². The largest absolute Gasteiger partial charge is 0.358 e. The van der Waals surface area contributed by atoms with Crippen LogP contribution in [0.1, 0.15) is 6.42 Å². The van der Waals surface area contributed by atoms with Crippen LogP contribution in [-0.4, -0.2) is 48.6 Å². The van der Waals surface area contributed by atoms with Crippen LogP contribution in [0.4, 0.5) is 5.82 Å². The highest BCUT2D eigenvalue weighted by molar-refractivity contribution is 6.29. The van der Waals surface area contributed by atoms with Gasteiger partial charge in [0.25, 0.3) is 0 Å². The van der Waals surface area contributed by atoms with Crippen LogP contribution in [0.2, 0.25) is 5.15 Å². The van der Waals surface area contributed by atoms with Gasteiger partial charge in [-0.1, -0.05) is 11.6 Å². The van der Waals surface area contributed by atoms with Crippen molar-refractivity contribution >= 4 is 17.4 Å². The lowest BCUT2D eigenvalue weighted by molar-refractivity contribution is 0.395. The molecule has 0 bridgehead atoms. The summed E-state index contributed by atoms with van der Waals surface area (Å²) in [6, 6.07) is 0. The summed E-state index contributed by atoms with van der Waals surface area (Å²) in [5.74, 6) is 1.57. The van der Waals surface area contributed by atoms with Crippen LogP contribution in [0.3, 0.4) is 0 Å². The molecule has 0 N–H and O–H groups in total. The third-order valence-corrected chi connectivity index (χ3v) is 3.19. The second kappa shape index (κ2) is 4.97. The molecule has 2 rings (SSSR count). The summed E-state index contributed by atoms with van der Waals surface area (Å²) < 4.78 is 0. The summed E-state index contributed by atoms with van der Waals surface area (Å²) in [4.78, 5) is 12.8. The van der Waals surface area contributed by atoms with E-state index >= 15 is 0 Å². The SMILES string of the molecule is CN1CCC(CN(C)c2cncc(Cl)n2)C1. The summed E-state index contributed by atoms with van der Waals surface area (Å²) in [6.45, 7) is 3.37. The van der Waals surface area contributed by atoms with E-state index in [0.717, 1.165) is 18.3 Å². The van der Waals surface area contributed by atoms with Gasteiger partial charge < -0.3 is 9.80 Å². The third kappa shape index (κ3) is 2.83. The predicted octanol–water partition coefficient (Wildman–Crippen LogP) is 1.52. The lowest BCUT2D eigenvalue weighted by Crippen LogP contribution is -2.27. The molecule has 4 nitrogen and oxygen atoms in total. The molecule has 0 saturated carbocycles. The molecule has 1 aliphatic rings. The minimum absolute atomic E-state index is 0.452. The van der Waals surface area contributed by atoms with Crippen molar-refractivity contribution < 1.29 is 0 Å². The second-order valence-electron chi connectivity index (χ2n) is 4.50. The first-order chi connectivity index (χ1) is 7.65. The molecule has 1 atom stereocenters. The van der Waals surface area contributed by atoms with Crippen molar-refractivity contribution in [3.05, 3.63) is 17.5 Å². The second-order valence-corrected chi connectivity index (χ2v) is 4.88. The lowest BCUT2D eigenvalue weighted by Gasteiger charge is -2.21. The quantitative estimate of drug-likeness (QED) is 0.802. The molecule has 0 radical (unpaired) electrons. The standard InChI is InChI=1S/C11H17ClN4/c1-15-4-3-9(7-15)8-16(2)11-6-13-5-10(12)14-11/h5-6,9H,3-4,7-8H2,1-2H3. The number of aromatic nitrogens is 2. The first kappa shape index (κ1) is 11.6. The molecule has 1 aromatic heterocycles. The Balaban J connectivity index is 1.95. The van der Waals surface area contributed by atoms with Gasteiger partial charge in [0.05, 0.1) is 12.4 Å². The zero-order valence-corrected chi connectivity index (χ0v) is 10.5. The van der Waals surface area contributed by atoms with E-state index in [-0.39, 0.29) is 0 Å². The minimum Gasteiger partial charge on any atom is -0.358 e. The summed E-state index contributed by atoms with van der Waals surface area (Å²) >= 11 is 5.82. The van der Waals surface area contributed by atoms with E-state index in [1.165, 1.54) is 19.5 Å². The highest BCUT2D eigenvalue weighted by Gasteiger charge is 2.21. The Kier molecular flexibility index (Phi) is 3.61. The van der Waals surface area contributed by atoms with Crippen molar-refractivity contribution in [2.24, 2.45) is 5.92 Å². The van der Waals surface area contributed by atoms with Crippen molar-refractivity contribution in [3.63, 3.8) is 0 Å². The van der Waals surface area contributed by atoms with Crippen molar-refractivity contribution in [3.8, 4) is 0 Å². The van der Waals surface area contributed by atoms with Crippen LogP contribution in [0.5, 0.6) is 0 Å². The average Bonchev–Trinajstić information content (AvgIpc) is 2.64. The van der Waals surface area contributed by atoms with Gasteiger partial charge in [-0.2, -0.15) is 0 Å². The van der Waals surface area contributed by atoms with Gasteiger partial charge in [0, 0.05) is 20.1 Å². The molecule has 0 aromatic carbocycles. The molecular weight excluding hydrogens is 224 g/mol. The van der Waals surface area contributed by atoms with Crippen molar-refractivity contribution in [2.75, 3.05) is 38.6 Å². The van der Waals surface area contributed by atoms with Gasteiger partial charge in [-0.25, -0.2) is 4.98 Å². The number of hydrogen-bond donors (Lipinski definition) is 0. The molecule has 0 amide bonds. The minimum atomic E-state index is 0.452. The monoisotopic (exact) mass is 240 g/mol. The number of likely N-dealkylation sites (tertiary alicyclic amines) is 1. The van der Waals surface area contributed by atoms with Gasteiger partial charge in [0.2, 0.25) is 0 Å². The van der Waals surface area contributed by atoms with E-state index in [1.807, 2.05) is 7.05 Å². The van der Waals surface area contributed by atoms with Gasteiger partial charge in [-0.05, 0) is 25.9 Å². The highest BCUT2D eigenvalue weighted by atomic mass is 35.5. The molecule has 2 heterocycles. The Bertz CT molecular complexity index is 358. The summed E-state index contributed by atoms with van der Waals surface area (Å²) in [5.41, 5.74) is 0. The zero-order valence-electron chi connectivity index (χ0n) is 9.73. The molecule has 16 heavy (non-hydrogen) atoms. The molecule has 1 aliphatic heterocycles. The Morgan fingerprint density at radius 2 is 2.38 bits per heavy atom. The first-order valence-electron chi connectivity index (χ1n) is 5.52. The number of anilines is 1. The number of rotatable bonds is 3. The van der Waals surface area contributed by atoms with Crippen molar-refractivity contribution in [1.29, 1.82) is 0 Å². The van der Waals surface area contributed by atoms with E-state index in [9.17, 15) is 0 Å². The molecule has 1 saturated heterocycles. The summed E-state index contributed by atoms with van der Waals surface area (Å²) in [6.07, 6.45) is 4.57. The topological polar surface area (TPSA) is 32.3 Å². The van der Waals surface area contributed by atoms with E-state index in [1.54, 1.807) is 12.4 Å². The van der Waals surface area contributed by atoms with E-state index in [4.69, 9.17) is 11.6 Å². The Labute approximate surface area is 101 Å². The molecule has 1 aromatic rings. The summed E-state index contributed by atoms with van der Waals surface area (Å²) in [5, 5.41) is 0.452. The fraction of sp³-hybridized carbons (Fsp3) is 0.636. The van der Waals surface area contributed by atoms with Gasteiger partial charge in [-0.3, -0.25) is 4.98 Å². The fourth-order valence-corrected chi connectivity index (χ4v) is 2.32. The number of hydrogen-bond acceptors (Lipinski definition) is 4. The van der Waals surface area contributed by atoms with Crippen LogP contribution in [0.25, 0.3) is 0 Å². The van der Waals surface area contributed by atoms with Crippen molar-refractivity contribution in [1.82, 2.24) is 14.9 Å². The fourth-order valence-electron chi connectivity index (χ4n) is 2.17. The van der Waals surface area contributed by atoms with Crippen LogP contribution < -0.4 is 4.90 Å². The Hall–Kier alpha value is -0.870. The van der Waals surface area contributed by atoms with Crippen LogP contribution in [0, 0.1) is 5.92 Å². The van der Waals surface area contributed by atoms with Gasteiger partial charge >= 0.3 is 0 Å². The van der Waals surface area contributed by atoms with Gasteiger partial charge in [0.1, 0.15) is 11.0 Å². The maximum absolute atomic E-state index is 5.82. The third-order valence-electron chi connectivity index (χ3n) is 3.00. The van der Waals surface area contributed by atoms with Crippen LogP contribution >= 0.6 is 11.6 Å². The predicted molar refractivity (Wildman–Crippen MR) is 65.9 cm³/mol. The molecule has 1 unspecified atom stereocenters. The highest BCUT2D eigenvalue weighted by Crippen LogP contribution is 2.18. The van der Waals surface area contributed by atoms with Crippen LogP contribution in [-0.2, 0) is 0 Å². The lowest BCUT2D eigenvalue weighted by atomic mass is 10.1. The van der Waals surface area contributed by atoms with E-state index < -0.39 is 0 Å². The number of halogens is 1. The number of nitrogens with zero attached hydrogens (tertiary/aromatic N) is 4. The molecule has 5 heteroatoms. The molecular formula is C11H17ClN4. The summed E-state index contributed by atoms with van der Waals surface area (Å²) in [7, 11) is 4.21. The molecule has 88 valence electrons. The maximum Gasteiger partial charge on any atom is 0.149 e. The average molecular weight is 241 g/mol. The maximum atomic E-state index is 5.82. The molecule has 0 aliphatic carbocycles. The normalized spacial score (nSPS) is 21.3. The van der Waals surface area contributed by atoms with Gasteiger partial charge in [0.15, 0.2) is 0 Å².